The van der Waals surface area contributed by atoms with Crippen LogP contribution in [0.5, 0.6) is 0 Å². The molecule has 1 aliphatic heterocycles. The van der Waals surface area contributed by atoms with Gasteiger partial charge < -0.3 is 4.90 Å². The molecule has 1 fully saturated rings. The Labute approximate surface area is 99.0 Å². The topological polar surface area (TPSA) is 29.0 Å². The molecular formula is C11H16BrN3. The molecule has 15 heavy (non-hydrogen) atoms. The number of rotatable bonds is 1. The van der Waals surface area contributed by atoms with Gasteiger partial charge in [-0.25, -0.2) is 9.97 Å². The molecule has 0 atom stereocenters. The predicted molar refractivity (Wildman–Crippen MR) is 65.2 cm³/mol. The second-order valence-electron chi connectivity index (χ2n) is 4.00. The van der Waals surface area contributed by atoms with Crippen molar-refractivity contribution in [1.29, 1.82) is 0 Å². The van der Waals surface area contributed by atoms with E-state index in [0.717, 1.165) is 29.3 Å². The summed E-state index contributed by atoms with van der Waals surface area (Å²) >= 11 is 3.42. The van der Waals surface area contributed by atoms with E-state index in [1.54, 1.807) is 0 Å². The van der Waals surface area contributed by atoms with Gasteiger partial charge in [0.1, 0.15) is 16.2 Å². The van der Waals surface area contributed by atoms with E-state index in [0.29, 0.717) is 0 Å². The lowest BCUT2D eigenvalue weighted by Gasteiger charge is -2.21. The van der Waals surface area contributed by atoms with Gasteiger partial charge in [-0.2, -0.15) is 0 Å². The van der Waals surface area contributed by atoms with Crippen molar-refractivity contribution in [3.05, 3.63) is 16.5 Å². The summed E-state index contributed by atoms with van der Waals surface area (Å²) in [6.45, 7) is 4.19. The van der Waals surface area contributed by atoms with Crippen LogP contribution in [0.2, 0.25) is 0 Å². The lowest BCUT2D eigenvalue weighted by molar-refractivity contribution is 0.726. The second-order valence-corrected chi connectivity index (χ2v) is 4.81. The lowest BCUT2D eigenvalue weighted by atomic mass is 10.2. The Morgan fingerprint density at radius 3 is 2.40 bits per heavy atom. The van der Waals surface area contributed by atoms with E-state index in [-0.39, 0.29) is 0 Å². The first-order valence-corrected chi connectivity index (χ1v) is 6.31. The van der Waals surface area contributed by atoms with Gasteiger partial charge >= 0.3 is 0 Å². The Morgan fingerprint density at radius 1 is 1.13 bits per heavy atom. The van der Waals surface area contributed by atoms with Gasteiger partial charge in [0.25, 0.3) is 0 Å². The molecule has 0 bridgehead atoms. The highest BCUT2D eigenvalue weighted by molar-refractivity contribution is 9.10. The molecule has 0 unspecified atom stereocenters. The largest absolute Gasteiger partial charge is 0.356 e. The molecule has 0 aliphatic carbocycles. The highest BCUT2D eigenvalue weighted by atomic mass is 79.9. The summed E-state index contributed by atoms with van der Waals surface area (Å²) in [6, 6.07) is 2.01. The minimum atomic E-state index is 0.837. The molecule has 82 valence electrons. The van der Waals surface area contributed by atoms with Crippen molar-refractivity contribution in [1.82, 2.24) is 9.97 Å². The third-order valence-corrected chi connectivity index (χ3v) is 3.13. The molecule has 0 radical (unpaired) electrons. The van der Waals surface area contributed by atoms with E-state index in [1.165, 1.54) is 25.7 Å². The van der Waals surface area contributed by atoms with Crippen LogP contribution in [0.1, 0.15) is 31.5 Å². The van der Waals surface area contributed by atoms with E-state index in [4.69, 9.17) is 0 Å². The minimum Gasteiger partial charge on any atom is -0.356 e. The normalized spacial score (nSPS) is 17.6. The third-order valence-electron chi connectivity index (χ3n) is 2.72. The third kappa shape index (κ3) is 2.91. The molecule has 0 amide bonds. The molecule has 4 heteroatoms. The molecule has 1 aromatic heterocycles. The molecule has 2 rings (SSSR count). The molecule has 0 saturated carbocycles. The highest BCUT2D eigenvalue weighted by Gasteiger charge is 2.12. The van der Waals surface area contributed by atoms with Crippen LogP contribution in [0.25, 0.3) is 0 Å². The number of aryl methyl sites for hydroxylation is 1. The van der Waals surface area contributed by atoms with Gasteiger partial charge in [0.2, 0.25) is 0 Å². The lowest BCUT2D eigenvalue weighted by Crippen LogP contribution is -2.25. The molecule has 1 aliphatic rings. The van der Waals surface area contributed by atoms with Gasteiger partial charge in [-0.05, 0) is 35.7 Å². The Balaban J connectivity index is 2.19. The molecule has 1 aromatic rings. The van der Waals surface area contributed by atoms with Gasteiger partial charge in [-0.1, -0.05) is 12.8 Å². The summed E-state index contributed by atoms with van der Waals surface area (Å²) in [5.74, 6) is 1.90. The van der Waals surface area contributed by atoms with Gasteiger partial charge in [0.05, 0.1) is 0 Å². The zero-order valence-electron chi connectivity index (χ0n) is 9.04. The number of anilines is 1. The first kappa shape index (κ1) is 10.9. The van der Waals surface area contributed by atoms with Crippen LogP contribution in [0, 0.1) is 6.92 Å². The van der Waals surface area contributed by atoms with Crippen LogP contribution in [0.4, 0.5) is 5.82 Å². The summed E-state index contributed by atoms with van der Waals surface area (Å²) in [5.41, 5.74) is 0. The van der Waals surface area contributed by atoms with Crippen molar-refractivity contribution >= 4 is 21.7 Å². The number of halogens is 1. The molecule has 0 N–H and O–H groups in total. The Morgan fingerprint density at radius 2 is 1.80 bits per heavy atom. The maximum absolute atomic E-state index is 4.48. The summed E-state index contributed by atoms with van der Waals surface area (Å²) in [7, 11) is 0. The molecule has 0 aromatic carbocycles. The van der Waals surface area contributed by atoms with E-state index >= 15 is 0 Å². The maximum Gasteiger partial charge on any atom is 0.133 e. The van der Waals surface area contributed by atoms with Crippen molar-refractivity contribution < 1.29 is 0 Å². The zero-order chi connectivity index (χ0) is 10.7. The van der Waals surface area contributed by atoms with Gasteiger partial charge in [-0.3, -0.25) is 0 Å². The van der Waals surface area contributed by atoms with Gasteiger partial charge in [0, 0.05) is 19.2 Å². The van der Waals surface area contributed by atoms with Crippen LogP contribution < -0.4 is 4.90 Å². The fraction of sp³-hybridized carbons (Fsp3) is 0.636. The summed E-state index contributed by atoms with van der Waals surface area (Å²) < 4.78 is 0.884. The molecule has 1 saturated heterocycles. The number of hydrogen-bond acceptors (Lipinski definition) is 3. The summed E-state index contributed by atoms with van der Waals surface area (Å²) in [5, 5.41) is 0. The van der Waals surface area contributed by atoms with Crippen LogP contribution in [0.15, 0.2) is 10.7 Å². The first-order chi connectivity index (χ1) is 7.25. The van der Waals surface area contributed by atoms with Crippen molar-refractivity contribution in [3.63, 3.8) is 0 Å². The standard InChI is InChI=1S/C11H16BrN3/c1-9-13-10(12)8-11(14-9)15-6-4-2-3-5-7-15/h8H,2-7H2,1H3. The van der Waals surface area contributed by atoms with E-state index < -0.39 is 0 Å². The van der Waals surface area contributed by atoms with Crippen LogP contribution in [-0.4, -0.2) is 23.1 Å². The fourth-order valence-electron chi connectivity index (χ4n) is 1.98. The van der Waals surface area contributed by atoms with E-state index in [9.17, 15) is 0 Å². The van der Waals surface area contributed by atoms with Gasteiger partial charge in [0.15, 0.2) is 0 Å². The zero-order valence-corrected chi connectivity index (χ0v) is 10.6. The number of nitrogens with zero attached hydrogens (tertiary/aromatic N) is 3. The molecular weight excluding hydrogens is 254 g/mol. The van der Waals surface area contributed by atoms with Crippen molar-refractivity contribution in [2.24, 2.45) is 0 Å². The minimum absolute atomic E-state index is 0.837. The van der Waals surface area contributed by atoms with Crippen LogP contribution in [-0.2, 0) is 0 Å². The van der Waals surface area contributed by atoms with Crippen molar-refractivity contribution in [2.75, 3.05) is 18.0 Å². The highest BCUT2D eigenvalue weighted by Crippen LogP contribution is 2.20. The number of hydrogen-bond donors (Lipinski definition) is 0. The summed E-state index contributed by atoms with van der Waals surface area (Å²) in [4.78, 5) is 11.1. The van der Waals surface area contributed by atoms with Gasteiger partial charge in [-0.15, -0.1) is 0 Å². The molecule has 2 heterocycles. The Kier molecular flexibility index (Phi) is 3.57. The van der Waals surface area contributed by atoms with E-state index in [1.807, 2.05) is 13.0 Å². The van der Waals surface area contributed by atoms with Crippen LogP contribution >= 0.6 is 15.9 Å². The average Bonchev–Trinajstić information content (AvgIpc) is 2.43. The van der Waals surface area contributed by atoms with Crippen molar-refractivity contribution in [2.45, 2.75) is 32.6 Å². The smallest absolute Gasteiger partial charge is 0.133 e. The molecule has 0 spiro atoms. The monoisotopic (exact) mass is 269 g/mol. The Bertz CT molecular complexity index is 312. The Hall–Kier alpha value is -0.640. The predicted octanol–water partition coefficient (Wildman–Crippen LogP) is 2.93. The molecule has 3 nitrogen and oxygen atoms in total. The fourth-order valence-corrected chi connectivity index (χ4v) is 2.44. The quantitative estimate of drug-likeness (QED) is 0.735. The van der Waals surface area contributed by atoms with Crippen LogP contribution in [0.3, 0.4) is 0 Å². The van der Waals surface area contributed by atoms with Crippen molar-refractivity contribution in [3.8, 4) is 0 Å². The van der Waals surface area contributed by atoms with E-state index in [2.05, 4.69) is 30.8 Å². The average molecular weight is 270 g/mol. The number of aromatic nitrogens is 2. The second kappa shape index (κ2) is 4.92. The summed E-state index contributed by atoms with van der Waals surface area (Å²) in [6.07, 6.45) is 5.25. The SMILES string of the molecule is Cc1nc(Br)cc(N2CCCCCC2)n1. The first-order valence-electron chi connectivity index (χ1n) is 5.52. The maximum atomic E-state index is 4.48.